The normalized spacial score (nSPS) is 29.9. The average molecular weight is 183 g/mol. The Bertz CT molecular complexity index is 156. The van der Waals surface area contributed by atoms with E-state index in [0.29, 0.717) is 13.0 Å². The molecule has 0 saturated heterocycles. The summed E-state index contributed by atoms with van der Waals surface area (Å²) in [5, 5.41) is 0. The molecular formula is C6H8Cl2O2. The quantitative estimate of drug-likeness (QED) is 0.607. The molecule has 0 N–H and O–H groups in total. The Kier molecular flexibility index (Phi) is 2.23. The number of alkyl halides is 2. The summed E-state index contributed by atoms with van der Waals surface area (Å²) in [5.74, 6) is -0.144. The fraction of sp³-hybridized carbons (Fsp3) is 0.833. The molecule has 58 valence electrons. The van der Waals surface area contributed by atoms with Crippen LogP contribution in [0.4, 0.5) is 0 Å². The number of halogens is 2. The van der Waals surface area contributed by atoms with E-state index >= 15 is 0 Å². The van der Waals surface area contributed by atoms with Crippen LogP contribution in [0.5, 0.6) is 0 Å². The van der Waals surface area contributed by atoms with Gasteiger partial charge >= 0.3 is 0 Å². The summed E-state index contributed by atoms with van der Waals surface area (Å²) in [5.41, 5.74) is 0. The fourth-order valence-electron chi connectivity index (χ4n) is 0.846. The summed E-state index contributed by atoms with van der Waals surface area (Å²) in [6, 6.07) is 0. The molecule has 1 fully saturated rings. The highest BCUT2D eigenvalue weighted by molar-refractivity contribution is 6.60. The minimum Gasteiger partial charge on any atom is -0.374 e. The SMILES string of the molecule is CCOC1CC(=O)C1(Cl)Cl. The largest absolute Gasteiger partial charge is 0.374 e. The zero-order valence-electron chi connectivity index (χ0n) is 5.56. The van der Waals surface area contributed by atoms with Crippen molar-refractivity contribution in [1.82, 2.24) is 0 Å². The van der Waals surface area contributed by atoms with Crippen LogP contribution in [0.3, 0.4) is 0 Å². The van der Waals surface area contributed by atoms with Gasteiger partial charge in [0.05, 0.1) is 0 Å². The van der Waals surface area contributed by atoms with Gasteiger partial charge in [0.15, 0.2) is 5.78 Å². The molecule has 0 amide bonds. The lowest BCUT2D eigenvalue weighted by molar-refractivity contribution is -0.135. The summed E-state index contributed by atoms with van der Waals surface area (Å²) in [6.07, 6.45) is 0.0502. The standard InChI is InChI=1S/C6H8Cl2O2/c1-2-10-5-3-4(9)6(5,7)8/h5H,2-3H2,1H3. The Morgan fingerprint density at radius 3 is 2.70 bits per heavy atom. The van der Waals surface area contributed by atoms with Gasteiger partial charge in [-0.3, -0.25) is 4.79 Å². The highest BCUT2D eigenvalue weighted by atomic mass is 35.5. The third-order valence-corrected chi connectivity index (χ3v) is 2.42. The second-order valence-electron chi connectivity index (χ2n) is 2.19. The molecule has 0 bridgehead atoms. The monoisotopic (exact) mass is 182 g/mol. The van der Waals surface area contributed by atoms with Gasteiger partial charge in [0.1, 0.15) is 6.10 Å². The molecule has 1 unspecified atom stereocenters. The van der Waals surface area contributed by atoms with Crippen LogP contribution in [0.15, 0.2) is 0 Å². The third kappa shape index (κ3) is 1.16. The Morgan fingerprint density at radius 2 is 2.40 bits per heavy atom. The highest BCUT2D eigenvalue weighted by Crippen LogP contribution is 2.40. The summed E-state index contributed by atoms with van der Waals surface area (Å²) in [4.78, 5) is 10.7. The first-order valence-electron chi connectivity index (χ1n) is 3.11. The van der Waals surface area contributed by atoms with Crippen LogP contribution in [-0.4, -0.2) is 22.8 Å². The maximum atomic E-state index is 10.7. The summed E-state index contributed by atoms with van der Waals surface area (Å²) < 4.78 is 3.81. The molecule has 10 heavy (non-hydrogen) atoms. The molecule has 0 aromatic carbocycles. The molecule has 1 saturated carbocycles. The Labute approximate surface area is 69.4 Å². The lowest BCUT2D eigenvalue weighted by Gasteiger charge is -2.36. The number of hydrogen-bond donors (Lipinski definition) is 0. The second kappa shape index (κ2) is 2.68. The van der Waals surface area contributed by atoms with Gasteiger partial charge < -0.3 is 4.74 Å². The fourth-order valence-corrected chi connectivity index (χ4v) is 1.28. The zero-order chi connectivity index (χ0) is 7.78. The van der Waals surface area contributed by atoms with E-state index in [0.717, 1.165) is 0 Å². The smallest absolute Gasteiger partial charge is 0.202 e. The van der Waals surface area contributed by atoms with Gasteiger partial charge in [-0.2, -0.15) is 0 Å². The van der Waals surface area contributed by atoms with Crippen molar-refractivity contribution in [2.24, 2.45) is 0 Å². The first-order valence-corrected chi connectivity index (χ1v) is 3.87. The van der Waals surface area contributed by atoms with Crippen molar-refractivity contribution < 1.29 is 9.53 Å². The first-order chi connectivity index (χ1) is 4.59. The molecular weight excluding hydrogens is 175 g/mol. The third-order valence-electron chi connectivity index (χ3n) is 1.51. The van der Waals surface area contributed by atoms with E-state index in [1.54, 1.807) is 0 Å². The number of Topliss-reactive ketones (excluding diaryl/α,β-unsaturated/α-hetero) is 1. The number of ether oxygens (including phenoxy) is 1. The topological polar surface area (TPSA) is 26.3 Å². The molecule has 1 aliphatic carbocycles. The number of carbonyl (C=O) groups excluding carboxylic acids is 1. The van der Waals surface area contributed by atoms with Crippen LogP contribution in [-0.2, 0) is 9.53 Å². The van der Waals surface area contributed by atoms with E-state index in [9.17, 15) is 4.79 Å². The first kappa shape index (κ1) is 8.31. The van der Waals surface area contributed by atoms with Crippen molar-refractivity contribution in [1.29, 1.82) is 0 Å². The number of carbonyl (C=O) groups is 1. The van der Waals surface area contributed by atoms with Gasteiger partial charge in [-0.15, -0.1) is 0 Å². The van der Waals surface area contributed by atoms with E-state index in [-0.39, 0.29) is 11.9 Å². The lowest BCUT2D eigenvalue weighted by Crippen LogP contribution is -2.53. The second-order valence-corrected chi connectivity index (χ2v) is 3.58. The molecule has 0 aromatic rings. The van der Waals surface area contributed by atoms with Gasteiger partial charge in [-0.1, -0.05) is 23.2 Å². The molecule has 2 nitrogen and oxygen atoms in total. The van der Waals surface area contributed by atoms with Crippen LogP contribution >= 0.6 is 23.2 Å². The molecule has 4 heteroatoms. The molecule has 1 atom stereocenters. The van der Waals surface area contributed by atoms with E-state index in [4.69, 9.17) is 27.9 Å². The Balaban J connectivity index is 2.46. The van der Waals surface area contributed by atoms with Crippen LogP contribution < -0.4 is 0 Å². The predicted molar refractivity (Wildman–Crippen MR) is 39.5 cm³/mol. The maximum Gasteiger partial charge on any atom is 0.202 e. The molecule has 1 aliphatic rings. The summed E-state index contributed by atoms with van der Waals surface area (Å²) in [6.45, 7) is 2.38. The van der Waals surface area contributed by atoms with Crippen molar-refractivity contribution in [2.75, 3.05) is 6.61 Å². The number of hydrogen-bond acceptors (Lipinski definition) is 2. The van der Waals surface area contributed by atoms with Gasteiger partial charge in [0, 0.05) is 13.0 Å². The maximum absolute atomic E-state index is 10.7. The molecule has 0 aliphatic heterocycles. The predicted octanol–water partition coefficient (Wildman–Crippen LogP) is 1.54. The van der Waals surface area contributed by atoms with Crippen LogP contribution in [0.1, 0.15) is 13.3 Å². The molecule has 0 aromatic heterocycles. The van der Waals surface area contributed by atoms with Gasteiger partial charge in [0.2, 0.25) is 4.33 Å². The number of rotatable bonds is 2. The molecule has 0 heterocycles. The van der Waals surface area contributed by atoms with E-state index in [1.807, 2.05) is 6.92 Å². The molecule has 0 spiro atoms. The van der Waals surface area contributed by atoms with Crippen LogP contribution in [0.2, 0.25) is 0 Å². The van der Waals surface area contributed by atoms with Gasteiger partial charge in [-0.05, 0) is 6.92 Å². The minimum atomic E-state index is -1.27. The molecule has 0 radical (unpaired) electrons. The van der Waals surface area contributed by atoms with Crippen LogP contribution in [0, 0.1) is 0 Å². The van der Waals surface area contributed by atoms with Crippen molar-refractivity contribution in [3.63, 3.8) is 0 Å². The Morgan fingerprint density at radius 1 is 1.80 bits per heavy atom. The van der Waals surface area contributed by atoms with E-state index in [1.165, 1.54) is 0 Å². The van der Waals surface area contributed by atoms with Crippen molar-refractivity contribution in [2.45, 2.75) is 23.8 Å². The summed E-state index contributed by atoms with van der Waals surface area (Å²) >= 11 is 11.2. The molecule has 1 rings (SSSR count). The average Bonchev–Trinajstić information content (AvgIpc) is 1.88. The van der Waals surface area contributed by atoms with Crippen molar-refractivity contribution in [3.05, 3.63) is 0 Å². The lowest BCUT2D eigenvalue weighted by atomic mass is 9.92. The van der Waals surface area contributed by atoms with Crippen LogP contribution in [0.25, 0.3) is 0 Å². The Hall–Kier alpha value is 0.210. The summed E-state index contributed by atoms with van der Waals surface area (Å²) in [7, 11) is 0. The number of ketones is 1. The van der Waals surface area contributed by atoms with Gasteiger partial charge in [-0.25, -0.2) is 0 Å². The van der Waals surface area contributed by atoms with Crippen molar-refractivity contribution >= 4 is 29.0 Å². The van der Waals surface area contributed by atoms with E-state index in [2.05, 4.69) is 0 Å². The van der Waals surface area contributed by atoms with Crippen molar-refractivity contribution in [3.8, 4) is 0 Å². The minimum absolute atomic E-state index is 0.144. The zero-order valence-corrected chi connectivity index (χ0v) is 7.08. The highest BCUT2D eigenvalue weighted by Gasteiger charge is 2.53. The van der Waals surface area contributed by atoms with Gasteiger partial charge in [0.25, 0.3) is 0 Å². The van der Waals surface area contributed by atoms with E-state index < -0.39 is 4.33 Å².